The molecule has 0 radical (unpaired) electrons. The van der Waals surface area contributed by atoms with Crippen LogP contribution in [0.5, 0.6) is 11.8 Å². The highest BCUT2D eigenvalue weighted by molar-refractivity contribution is 7.18. The Morgan fingerprint density at radius 1 is 0.973 bits per heavy atom. The number of carbonyl (C=O) groups is 1. The number of aryl methyl sites for hydroxylation is 1. The number of hydrogen-bond donors (Lipinski definition) is 2. The van der Waals surface area contributed by atoms with Crippen molar-refractivity contribution in [2.75, 3.05) is 28.6 Å². The number of nitrogens with one attached hydrogen (secondary N) is 2. The molecule has 0 unspecified atom stereocenters. The fourth-order valence-corrected chi connectivity index (χ4v) is 4.55. The molecule has 0 bridgehead atoms. The van der Waals surface area contributed by atoms with Crippen molar-refractivity contribution in [2.45, 2.75) is 19.5 Å². The lowest BCUT2D eigenvalue weighted by atomic mass is 10.1. The summed E-state index contributed by atoms with van der Waals surface area (Å²) in [5, 5.41) is 5.88. The number of alkyl halides is 3. The highest BCUT2D eigenvalue weighted by Gasteiger charge is 2.32. The van der Waals surface area contributed by atoms with E-state index in [1.165, 1.54) is 37.9 Å². The molecule has 3 heterocycles. The van der Waals surface area contributed by atoms with Crippen LogP contribution in [0.15, 0.2) is 61.1 Å². The fourth-order valence-electron chi connectivity index (χ4n) is 3.58. The molecule has 1 fully saturated rings. The van der Waals surface area contributed by atoms with Gasteiger partial charge in [-0.3, -0.25) is 0 Å². The lowest BCUT2D eigenvalue weighted by Crippen LogP contribution is -2.36. The Kier molecular flexibility index (Phi) is 6.66. The predicted octanol–water partition coefficient (Wildman–Crippen LogP) is 6.57. The topological polar surface area (TPSA) is 92.3 Å². The average molecular weight is 527 g/mol. The minimum Gasteiger partial charge on any atom is -0.424 e. The Morgan fingerprint density at radius 3 is 2.32 bits per heavy atom. The van der Waals surface area contributed by atoms with E-state index < -0.39 is 17.8 Å². The molecule has 8 nitrogen and oxygen atoms in total. The van der Waals surface area contributed by atoms with E-state index in [0.717, 1.165) is 34.7 Å². The number of halogens is 3. The number of rotatable bonds is 6. The number of carbonyl (C=O) groups excluding carboxylic acids is 1. The van der Waals surface area contributed by atoms with Gasteiger partial charge in [-0.25, -0.2) is 19.7 Å². The van der Waals surface area contributed by atoms with Gasteiger partial charge >= 0.3 is 18.2 Å². The van der Waals surface area contributed by atoms with E-state index in [4.69, 9.17) is 4.74 Å². The number of benzene rings is 2. The maximum Gasteiger partial charge on any atom is 0.416 e. The number of ether oxygens (including phenoxy) is 1. The van der Waals surface area contributed by atoms with Crippen molar-refractivity contribution in [1.29, 1.82) is 0 Å². The van der Waals surface area contributed by atoms with Crippen LogP contribution in [-0.4, -0.2) is 34.1 Å². The molecule has 0 spiro atoms. The van der Waals surface area contributed by atoms with Crippen LogP contribution < -0.4 is 20.3 Å². The van der Waals surface area contributed by atoms with Gasteiger partial charge in [0, 0.05) is 25.0 Å². The van der Waals surface area contributed by atoms with Gasteiger partial charge in [0.1, 0.15) is 5.75 Å². The molecule has 1 aliphatic rings. The first kappa shape index (κ1) is 24.5. The zero-order chi connectivity index (χ0) is 26.0. The van der Waals surface area contributed by atoms with Gasteiger partial charge in [-0.1, -0.05) is 17.4 Å². The normalized spacial score (nSPS) is 13.1. The van der Waals surface area contributed by atoms with E-state index in [1.54, 1.807) is 23.5 Å². The summed E-state index contributed by atoms with van der Waals surface area (Å²) in [6.07, 6.45) is 1.23. The number of urea groups is 1. The van der Waals surface area contributed by atoms with Crippen molar-refractivity contribution in [1.82, 2.24) is 15.0 Å². The van der Waals surface area contributed by atoms with Crippen molar-refractivity contribution in [3.05, 3.63) is 72.2 Å². The van der Waals surface area contributed by atoms with Crippen LogP contribution in [-0.2, 0) is 6.18 Å². The molecule has 0 aliphatic carbocycles. The third kappa shape index (κ3) is 5.80. The molecule has 0 atom stereocenters. The van der Waals surface area contributed by atoms with Gasteiger partial charge in [0.25, 0.3) is 0 Å². The highest BCUT2D eigenvalue weighted by atomic mass is 32.1. The maximum atomic E-state index is 13.1. The van der Waals surface area contributed by atoms with Gasteiger partial charge in [0.05, 0.1) is 28.5 Å². The van der Waals surface area contributed by atoms with E-state index in [-0.39, 0.29) is 22.9 Å². The summed E-state index contributed by atoms with van der Waals surface area (Å²) in [4.78, 5) is 28.2. The fraction of sp³-hybridized carbons (Fsp3) is 0.200. The molecule has 4 aromatic rings. The van der Waals surface area contributed by atoms with Crippen molar-refractivity contribution < 1.29 is 22.7 Å². The van der Waals surface area contributed by atoms with Crippen molar-refractivity contribution in [3.63, 3.8) is 0 Å². The molecule has 1 aliphatic heterocycles. The summed E-state index contributed by atoms with van der Waals surface area (Å²) < 4.78 is 44.9. The van der Waals surface area contributed by atoms with Crippen LogP contribution in [0.1, 0.15) is 17.5 Å². The van der Waals surface area contributed by atoms with E-state index in [1.807, 2.05) is 18.3 Å². The zero-order valence-corrected chi connectivity index (χ0v) is 20.4. The number of hydrogen-bond acceptors (Lipinski definition) is 7. The summed E-state index contributed by atoms with van der Waals surface area (Å²) in [5.74, 6) is 0.537. The summed E-state index contributed by atoms with van der Waals surface area (Å²) in [6.45, 7) is 3.45. The number of aromatic nitrogens is 3. The van der Waals surface area contributed by atoms with Crippen molar-refractivity contribution >= 4 is 33.9 Å². The number of nitrogens with zero attached hydrogens (tertiary/aromatic N) is 4. The Morgan fingerprint density at radius 2 is 1.68 bits per heavy atom. The first-order chi connectivity index (χ1) is 17.7. The molecule has 1 saturated heterocycles. The molecular formula is C25H21F3N6O2S. The van der Waals surface area contributed by atoms with Crippen molar-refractivity contribution in [2.24, 2.45) is 0 Å². The minimum atomic E-state index is -4.51. The Balaban J connectivity index is 1.16. The third-order valence-corrected chi connectivity index (χ3v) is 6.76. The van der Waals surface area contributed by atoms with Crippen LogP contribution in [0.3, 0.4) is 0 Å². The van der Waals surface area contributed by atoms with Gasteiger partial charge < -0.3 is 20.3 Å². The summed E-state index contributed by atoms with van der Waals surface area (Å²) >= 11 is 1.65. The second-order valence-electron chi connectivity index (χ2n) is 8.34. The van der Waals surface area contributed by atoms with Gasteiger partial charge in [-0.2, -0.15) is 13.2 Å². The van der Waals surface area contributed by atoms with Crippen LogP contribution in [0.4, 0.5) is 34.5 Å². The molecule has 37 heavy (non-hydrogen) atoms. The predicted molar refractivity (Wildman–Crippen MR) is 135 cm³/mol. The largest absolute Gasteiger partial charge is 0.424 e. The van der Waals surface area contributed by atoms with Crippen LogP contribution in [0.2, 0.25) is 0 Å². The molecule has 0 saturated carbocycles. The molecule has 2 aromatic carbocycles. The standard InChI is InChI=1S/C25H21F3N6O2S/c1-15-3-6-17(11-20(15)25(26,27)28)32-22(35)33-18-12-29-23(30-13-18)36-19-7-4-16(5-8-19)21-14-31-24(37-21)34-9-2-10-34/h3-8,11-14H,2,9-10H2,1H3,(H2,32,33,35). The second kappa shape index (κ2) is 10.1. The lowest BCUT2D eigenvalue weighted by molar-refractivity contribution is -0.138. The first-order valence-electron chi connectivity index (χ1n) is 11.3. The average Bonchev–Trinajstić information content (AvgIpc) is 3.29. The summed E-state index contributed by atoms with van der Waals surface area (Å²) in [5.41, 5.74) is 0.531. The molecule has 2 N–H and O–H groups in total. The monoisotopic (exact) mass is 526 g/mol. The number of anilines is 3. The van der Waals surface area contributed by atoms with Gasteiger partial charge in [0.15, 0.2) is 5.13 Å². The lowest BCUT2D eigenvalue weighted by Gasteiger charge is -2.30. The zero-order valence-electron chi connectivity index (χ0n) is 19.5. The van der Waals surface area contributed by atoms with Gasteiger partial charge in [-0.05, 0) is 60.9 Å². The van der Waals surface area contributed by atoms with Crippen molar-refractivity contribution in [3.8, 4) is 22.2 Å². The van der Waals surface area contributed by atoms with Gasteiger partial charge in [0.2, 0.25) is 0 Å². The van der Waals surface area contributed by atoms with E-state index in [9.17, 15) is 18.0 Å². The summed E-state index contributed by atoms with van der Waals surface area (Å²) in [7, 11) is 0. The number of thiazole rings is 1. The van der Waals surface area contributed by atoms with Crippen LogP contribution in [0.25, 0.3) is 10.4 Å². The Labute approximate surface area is 214 Å². The minimum absolute atomic E-state index is 0.00911. The highest BCUT2D eigenvalue weighted by Crippen LogP contribution is 2.35. The smallest absolute Gasteiger partial charge is 0.416 e. The molecule has 5 rings (SSSR count). The molecule has 190 valence electrons. The van der Waals surface area contributed by atoms with Crippen LogP contribution >= 0.6 is 11.3 Å². The Bertz CT molecular complexity index is 1400. The maximum absolute atomic E-state index is 13.1. The van der Waals surface area contributed by atoms with E-state index in [2.05, 4.69) is 30.5 Å². The first-order valence-corrected chi connectivity index (χ1v) is 12.1. The molecule has 2 aromatic heterocycles. The second-order valence-corrected chi connectivity index (χ2v) is 9.34. The van der Waals surface area contributed by atoms with Gasteiger partial charge in [-0.15, -0.1) is 0 Å². The molecule has 12 heteroatoms. The summed E-state index contributed by atoms with van der Waals surface area (Å²) in [6, 6.07) is 10.4. The Hall–Kier alpha value is -4.19. The quantitative estimate of drug-likeness (QED) is 0.295. The molecule has 2 amide bonds. The number of amides is 2. The third-order valence-electron chi connectivity index (χ3n) is 5.65. The van der Waals surface area contributed by atoms with E-state index >= 15 is 0 Å². The van der Waals surface area contributed by atoms with Crippen LogP contribution in [0, 0.1) is 6.92 Å². The molecular weight excluding hydrogens is 505 g/mol. The van der Waals surface area contributed by atoms with E-state index in [0.29, 0.717) is 5.75 Å². The SMILES string of the molecule is Cc1ccc(NC(=O)Nc2cnc(Oc3ccc(-c4cnc(N5CCC5)s4)cc3)nc2)cc1C(F)(F)F.